The van der Waals surface area contributed by atoms with Gasteiger partial charge in [-0.05, 0) is 111 Å². The van der Waals surface area contributed by atoms with E-state index >= 15 is 0 Å². The lowest BCUT2D eigenvalue weighted by Crippen LogP contribution is -2.70. The third-order valence-corrected chi connectivity index (χ3v) is 13.2. The number of rotatable bonds is 20. The van der Waals surface area contributed by atoms with Crippen LogP contribution < -0.4 is 9.47 Å². The summed E-state index contributed by atoms with van der Waals surface area (Å²) in [6, 6.07) is 17.1. The number of nitro groups is 1. The molecular weight excluding hydrogens is 810 g/mol. The van der Waals surface area contributed by atoms with E-state index in [9.17, 15) is 29.5 Å². The molecule has 0 bridgehead atoms. The number of allylic oxidation sites excluding steroid dienone is 1. The average Bonchev–Trinajstić information content (AvgIpc) is 4.15. The number of hydrogen-bond donors (Lipinski definition) is 2. The van der Waals surface area contributed by atoms with Crippen LogP contribution in [0.25, 0.3) is 0 Å². The number of carbonyl (C=O) groups excluding carboxylic acids is 1. The number of benzene rings is 3. The Hall–Kier alpha value is -5.15. The van der Waals surface area contributed by atoms with Crippen LogP contribution in [-0.2, 0) is 25.7 Å². The van der Waals surface area contributed by atoms with Crippen LogP contribution >= 0.6 is 0 Å². The SMILES string of the molecule is C=CCO[C@@]12Oc3ccc(Oc4cccc([N+](=O)[O-])c4)cc3[C@H]3[C@H](CCCCO)[C@@H](CCCCO)C=C(C(=NOC4CCCCO4)C[C@@H]1N(Cc1ccc(F)cc1)C(=O)C1CC1)[C@H]32. The van der Waals surface area contributed by atoms with Crippen LogP contribution in [0.2, 0.25) is 0 Å². The molecule has 0 radical (unpaired) electrons. The zero-order valence-corrected chi connectivity index (χ0v) is 35.7. The molecular formula is C49H58FN3O10. The minimum Gasteiger partial charge on any atom is -0.459 e. The van der Waals surface area contributed by atoms with Crippen molar-refractivity contribution in [1.29, 1.82) is 0 Å². The average molecular weight is 868 g/mol. The summed E-state index contributed by atoms with van der Waals surface area (Å²) in [5.41, 5.74) is 3.05. The molecule has 3 aromatic rings. The molecule has 1 amide bonds. The van der Waals surface area contributed by atoms with E-state index in [-0.39, 0.29) is 73.9 Å². The summed E-state index contributed by atoms with van der Waals surface area (Å²) in [5, 5.41) is 36.5. The van der Waals surface area contributed by atoms with Gasteiger partial charge in [0.25, 0.3) is 5.69 Å². The number of amides is 1. The predicted molar refractivity (Wildman–Crippen MR) is 232 cm³/mol. The van der Waals surface area contributed by atoms with Crippen molar-refractivity contribution in [3.63, 3.8) is 0 Å². The van der Waals surface area contributed by atoms with E-state index in [2.05, 4.69) is 12.7 Å². The number of halogens is 1. The van der Waals surface area contributed by atoms with Gasteiger partial charge in [0.2, 0.25) is 18.0 Å². The van der Waals surface area contributed by atoms with Gasteiger partial charge >= 0.3 is 0 Å². The second kappa shape index (κ2) is 20.1. The minimum atomic E-state index is -1.48. The fourth-order valence-electron chi connectivity index (χ4n) is 10.1. The number of ether oxygens (including phenoxy) is 4. The Kier molecular flexibility index (Phi) is 14.2. The monoisotopic (exact) mass is 867 g/mol. The van der Waals surface area contributed by atoms with Gasteiger partial charge in [-0.15, -0.1) is 6.58 Å². The van der Waals surface area contributed by atoms with E-state index in [0.717, 1.165) is 68.1 Å². The van der Waals surface area contributed by atoms with Crippen molar-refractivity contribution in [2.45, 2.75) is 108 Å². The lowest BCUT2D eigenvalue weighted by Gasteiger charge is -2.60. The fourth-order valence-corrected chi connectivity index (χ4v) is 10.1. The van der Waals surface area contributed by atoms with Crippen LogP contribution in [0, 0.1) is 39.6 Å². The highest BCUT2D eigenvalue weighted by Crippen LogP contribution is 2.62. The van der Waals surface area contributed by atoms with Crippen LogP contribution in [0.4, 0.5) is 10.1 Å². The van der Waals surface area contributed by atoms with E-state index in [4.69, 9.17) is 28.9 Å². The molecule has 14 heteroatoms. The van der Waals surface area contributed by atoms with Crippen molar-refractivity contribution in [3.05, 3.63) is 118 Å². The van der Waals surface area contributed by atoms with Gasteiger partial charge in [0.05, 0.1) is 35.8 Å². The number of carbonyl (C=O) groups is 1. The molecule has 3 aromatic carbocycles. The zero-order chi connectivity index (χ0) is 43.9. The number of fused-ring (bicyclic) bond motifs is 2. The molecule has 3 aliphatic carbocycles. The summed E-state index contributed by atoms with van der Waals surface area (Å²) >= 11 is 0. The van der Waals surface area contributed by atoms with E-state index in [1.807, 2.05) is 17.0 Å². The number of non-ortho nitro benzene ring substituents is 1. The van der Waals surface area contributed by atoms with E-state index in [1.165, 1.54) is 24.3 Å². The van der Waals surface area contributed by atoms with Crippen molar-refractivity contribution in [1.82, 2.24) is 4.90 Å². The standard InChI is InChI=1S/C49H58FN3O10/c1-2-25-60-49-44(52(48(56)33-17-18-33)31-32-15-19-35(50)20-16-32)30-42(51-63-45-14-5-8-26-59-45)40-27-34(10-3-6-23-54)39(13-4-7-24-55)46(47(40)49)41-29-38(21-22-43(41)62-49)61-37-12-9-11-36(28-37)53(57)58/h2,9,11-12,15-16,19-22,27-29,33-34,39,44-47,54-55H,1,3-8,10,13-14,17-18,23-26,30-31H2/t34-,39+,44-,45?,46+,47+,49+/m0/s1. The van der Waals surface area contributed by atoms with Gasteiger partial charge in [-0.25, -0.2) is 4.39 Å². The molecule has 2 saturated carbocycles. The minimum absolute atomic E-state index is 0.00647. The Morgan fingerprint density at radius 3 is 2.49 bits per heavy atom. The Bertz CT molecular complexity index is 2150. The van der Waals surface area contributed by atoms with Crippen LogP contribution in [0.3, 0.4) is 0 Å². The highest BCUT2D eigenvalue weighted by molar-refractivity contribution is 6.03. The maximum atomic E-state index is 14.8. The topological polar surface area (TPSA) is 162 Å². The van der Waals surface area contributed by atoms with Gasteiger partial charge < -0.3 is 38.9 Å². The summed E-state index contributed by atoms with van der Waals surface area (Å²) in [6.07, 6.45) is 12.0. The Morgan fingerprint density at radius 1 is 1.00 bits per heavy atom. The summed E-state index contributed by atoms with van der Waals surface area (Å²) in [6.45, 7) is 4.99. The maximum absolute atomic E-state index is 14.8. The van der Waals surface area contributed by atoms with Gasteiger partial charge in [-0.2, -0.15) is 0 Å². The zero-order valence-electron chi connectivity index (χ0n) is 35.7. The third kappa shape index (κ3) is 9.84. The molecule has 2 aliphatic heterocycles. The van der Waals surface area contributed by atoms with Crippen LogP contribution in [0.5, 0.6) is 17.2 Å². The van der Waals surface area contributed by atoms with Crippen molar-refractivity contribution in [2.75, 3.05) is 26.4 Å². The van der Waals surface area contributed by atoms with Gasteiger partial charge in [-0.1, -0.05) is 48.3 Å². The number of hydrogen-bond acceptors (Lipinski definition) is 11. The lowest BCUT2D eigenvalue weighted by molar-refractivity contribution is -0.384. The van der Waals surface area contributed by atoms with Gasteiger partial charge in [-0.3, -0.25) is 14.9 Å². The molecule has 13 nitrogen and oxygen atoms in total. The van der Waals surface area contributed by atoms with Crippen molar-refractivity contribution in [3.8, 4) is 17.2 Å². The Morgan fingerprint density at radius 2 is 1.78 bits per heavy atom. The molecule has 5 aliphatic rings. The maximum Gasteiger partial charge on any atom is 0.273 e. The van der Waals surface area contributed by atoms with E-state index in [0.29, 0.717) is 48.8 Å². The lowest BCUT2D eigenvalue weighted by atomic mass is 9.55. The normalized spacial score (nSPS) is 26.7. The summed E-state index contributed by atoms with van der Waals surface area (Å²) in [5.74, 6) is -1.65. The number of nitrogens with zero attached hydrogens (tertiary/aromatic N) is 3. The molecule has 336 valence electrons. The van der Waals surface area contributed by atoms with Crippen LogP contribution in [-0.4, -0.2) is 76.2 Å². The Balaban J connectivity index is 1.33. The Labute approximate surface area is 367 Å². The molecule has 8 rings (SSSR count). The molecule has 1 saturated heterocycles. The van der Waals surface area contributed by atoms with Crippen molar-refractivity contribution in [2.24, 2.45) is 28.8 Å². The first-order valence-electron chi connectivity index (χ1n) is 22.6. The molecule has 3 fully saturated rings. The summed E-state index contributed by atoms with van der Waals surface area (Å²) in [4.78, 5) is 34.1. The first-order valence-corrected chi connectivity index (χ1v) is 22.6. The quantitative estimate of drug-likeness (QED) is 0.0485. The number of oxime groups is 1. The second-order valence-electron chi connectivity index (χ2n) is 17.4. The number of aliphatic hydroxyl groups is 2. The van der Waals surface area contributed by atoms with Crippen LogP contribution in [0.15, 0.2) is 96.2 Å². The smallest absolute Gasteiger partial charge is 0.273 e. The highest BCUT2D eigenvalue weighted by Gasteiger charge is 2.66. The largest absolute Gasteiger partial charge is 0.459 e. The predicted octanol–water partition coefficient (Wildman–Crippen LogP) is 9.13. The van der Waals surface area contributed by atoms with Crippen molar-refractivity contribution < 1.29 is 48.1 Å². The first-order chi connectivity index (χ1) is 30.7. The molecule has 2 N–H and O–H groups in total. The highest BCUT2D eigenvalue weighted by atomic mass is 19.1. The molecule has 0 aromatic heterocycles. The molecule has 7 atom stereocenters. The molecule has 1 unspecified atom stereocenters. The van der Waals surface area contributed by atoms with E-state index < -0.39 is 29.0 Å². The van der Waals surface area contributed by atoms with Crippen LogP contribution in [0.1, 0.15) is 94.1 Å². The van der Waals surface area contributed by atoms with Gasteiger partial charge in [0, 0.05) is 56.1 Å². The van der Waals surface area contributed by atoms with Crippen molar-refractivity contribution >= 4 is 17.3 Å². The van der Waals surface area contributed by atoms with Gasteiger partial charge in [0.1, 0.15) is 29.1 Å². The number of nitro benzene ring substituents is 1. The molecule has 2 heterocycles. The number of aliphatic hydroxyl groups excluding tert-OH is 2. The van der Waals surface area contributed by atoms with Gasteiger partial charge in [0.15, 0.2) is 0 Å². The number of unbranched alkanes of at least 4 members (excludes halogenated alkanes) is 2. The third-order valence-electron chi connectivity index (χ3n) is 13.2. The second-order valence-corrected chi connectivity index (χ2v) is 17.4. The fraction of sp³-hybridized carbons (Fsp3) is 0.510. The first kappa shape index (κ1) is 44.5. The molecule has 63 heavy (non-hydrogen) atoms. The summed E-state index contributed by atoms with van der Waals surface area (Å²) in [7, 11) is 0. The summed E-state index contributed by atoms with van der Waals surface area (Å²) < 4.78 is 41.1. The van der Waals surface area contributed by atoms with E-state index in [1.54, 1.807) is 36.4 Å². The molecule has 0 spiro atoms.